The number of aromatic nitrogens is 1. The third kappa shape index (κ3) is 4.01. The van der Waals surface area contributed by atoms with Crippen molar-refractivity contribution < 1.29 is 0 Å². The maximum Gasteiger partial charge on any atom is 0.0385 e. The van der Waals surface area contributed by atoms with E-state index in [9.17, 15) is 0 Å². The summed E-state index contributed by atoms with van der Waals surface area (Å²) in [6.45, 7) is 2.92. The Kier molecular flexibility index (Phi) is 5.38. The van der Waals surface area contributed by atoms with E-state index < -0.39 is 0 Å². The fourth-order valence-electron chi connectivity index (χ4n) is 3.76. The molecule has 0 unspecified atom stereocenters. The Morgan fingerprint density at radius 2 is 1.62 bits per heavy atom. The topological polar surface area (TPSA) is 28.2 Å². The van der Waals surface area contributed by atoms with Gasteiger partial charge in [0, 0.05) is 44.1 Å². The van der Waals surface area contributed by atoms with Gasteiger partial charge in [-0.1, -0.05) is 66.7 Å². The zero-order valence-corrected chi connectivity index (χ0v) is 15.0. The molecule has 1 aromatic heterocycles. The second kappa shape index (κ2) is 8.26. The van der Waals surface area contributed by atoms with Gasteiger partial charge in [-0.05, 0) is 29.2 Å². The Bertz CT molecular complexity index is 789. The van der Waals surface area contributed by atoms with Gasteiger partial charge in [-0.15, -0.1) is 0 Å². The lowest BCUT2D eigenvalue weighted by molar-refractivity contribution is 0.00539. The van der Waals surface area contributed by atoms with Gasteiger partial charge in [0.1, 0.15) is 0 Å². The monoisotopic (exact) mass is 343 g/mol. The summed E-state index contributed by atoms with van der Waals surface area (Å²) < 4.78 is 0. The van der Waals surface area contributed by atoms with E-state index in [2.05, 4.69) is 81.9 Å². The van der Waals surface area contributed by atoms with E-state index >= 15 is 0 Å². The molecule has 0 bridgehead atoms. The normalized spacial score (nSPS) is 19.8. The van der Waals surface area contributed by atoms with Crippen LogP contribution in [0.2, 0.25) is 0 Å². The Hall–Kier alpha value is -2.49. The zero-order valence-electron chi connectivity index (χ0n) is 15.0. The second-order valence-corrected chi connectivity index (χ2v) is 6.97. The van der Waals surface area contributed by atoms with Gasteiger partial charge >= 0.3 is 0 Å². The average molecular weight is 343 g/mol. The lowest BCUT2D eigenvalue weighted by Crippen LogP contribution is -2.53. The van der Waals surface area contributed by atoms with Gasteiger partial charge in [0.05, 0.1) is 0 Å². The molecule has 1 fully saturated rings. The molecule has 2 atom stereocenters. The van der Waals surface area contributed by atoms with Crippen LogP contribution in [-0.4, -0.2) is 22.5 Å². The molecule has 1 aliphatic rings. The van der Waals surface area contributed by atoms with E-state index in [4.69, 9.17) is 0 Å². The summed E-state index contributed by atoms with van der Waals surface area (Å²) in [4.78, 5) is 6.92. The number of nitrogens with one attached hydrogen (secondary N) is 1. The minimum atomic E-state index is 0.465. The predicted molar refractivity (Wildman–Crippen MR) is 106 cm³/mol. The van der Waals surface area contributed by atoms with E-state index in [0.717, 1.165) is 19.6 Å². The summed E-state index contributed by atoms with van der Waals surface area (Å²) in [7, 11) is 0. The molecule has 0 spiro atoms. The lowest BCUT2D eigenvalue weighted by Gasteiger charge is -2.49. The molecule has 3 heteroatoms. The standard InChI is InChI=1S/C23H25N3/c1-3-8-19(9-4-1)15-25-17-22-14-23(21-12-7-13-24-16-21)26(22)18-20-10-5-2-6-11-20/h1-13,16,22-23,25H,14-15,17-18H2/t22-,23+/m0/s1. The van der Waals surface area contributed by atoms with Crippen molar-refractivity contribution in [1.29, 1.82) is 0 Å². The Balaban J connectivity index is 1.40. The van der Waals surface area contributed by atoms with Crippen molar-refractivity contribution in [3.63, 3.8) is 0 Å². The Labute approximate surface area is 155 Å². The summed E-state index contributed by atoms with van der Waals surface area (Å²) in [6.07, 6.45) is 5.04. The minimum Gasteiger partial charge on any atom is -0.311 e. The van der Waals surface area contributed by atoms with E-state index in [1.807, 2.05) is 18.5 Å². The van der Waals surface area contributed by atoms with Crippen LogP contribution in [0.15, 0.2) is 85.2 Å². The summed E-state index contributed by atoms with van der Waals surface area (Å²) in [6, 6.07) is 26.6. The highest BCUT2D eigenvalue weighted by molar-refractivity contribution is 5.22. The number of hydrogen-bond donors (Lipinski definition) is 1. The molecule has 3 aromatic rings. The fraction of sp³-hybridized carbons (Fsp3) is 0.261. The molecular formula is C23H25N3. The van der Waals surface area contributed by atoms with Crippen molar-refractivity contribution in [3.8, 4) is 0 Å². The second-order valence-electron chi connectivity index (χ2n) is 6.97. The summed E-state index contributed by atoms with van der Waals surface area (Å²) >= 11 is 0. The average Bonchev–Trinajstić information content (AvgIpc) is 2.70. The smallest absolute Gasteiger partial charge is 0.0385 e. The van der Waals surface area contributed by atoms with Crippen molar-refractivity contribution in [2.24, 2.45) is 0 Å². The number of pyridine rings is 1. The molecule has 0 amide bonds. The zero-order chi connectivity index (χ0) is 17.6. The molecule has 2 heterocycles. The van der Waals surface area contributed by atoms with Gasteiger partial charge in [-0.25, -0.2) is 0 Å². The number of likely N-dealkylation sites (tertiary alicyclic amines) is 1. The first kappa shape index (κ1) is 17.0. The first-order valence-electron chi connectivity index (χ1n) is 9.34. The quantitative estimate of drug-likeness (QED) is 0.697. The van der Waals surface area contributed by atoms with Crippen molar-refractivity contribution in [3.05, 3.63) is 102 Å². The van der Waals surface area contributed by atoms with Gasteiger partial charge < -0.3 is 5.32 Å². The van der Waals surface area contributed by atoms with Crippen LogP contribution in [0.5, 0.6) is 0 Å². The van der Waals surface area contributed by atoms with Crippen LogP contribution in [0.1, 0.15) is 29.2 Å². The van der Waals surface area contributed by atoms with Crippen LogP contribution in [0.4, 0.5) is 0 Å². The van der Waals surface area contributed by atoms with Gasteiger partial charge in [-0.3, -0.25) is 9.88 Å². The predicted octanol–water partition coefficient (Wildman–Crippen LogP) is 4.19. The highest BCUT2D eigenvalue weighted by Gasteiger charge is 2.38. The molecule has 0 saturated carbocycles. The molecule has 0 aliphatic carbocycles. The van der Waals surface area contributed by atoms with Crippen LogP contribution < -0.4 is 5.32 Å². The third-order valence-corrected chi connectivity index (χ3v) is 5.19. The first-order chi connectivity index (χ1) is 12.9. The molecule has 1 aliphatic heterocycles. The van der Waals surface area contributed by atoms with E-state index in [-0.39, 0.29) is 0 Å². The van der Waals surface area contributed by atoms with E-state index in [1.54, 1.807) is 0 Å². The molecule has 132 valence electrons. The molecule has 0 radical (unpaired) electrons. The summed E-state index contributed by atoms with van der Waals surface area (Å²) in [5, 5.41) is 3.63. The summed E-state index contributed by atoms with van der Waals surface area (Å²) in [5.74, 6) is 0. The number of nitrogens with zero attached hydrogens (tertiary/aromatic N) is 2. The van der Waals surface area contributed by atoms with Crippen molar-refractivity contribution in [2.75, 3.05) is 6.54 Å². The van der Waals surface area contributed by atoms with E-state index in [1.165, 1.54) is 23.1 Å². The van der Waals surface area contributed by atoms with Gasteiger partial charge in [-0.2, -0.15) is 0 Å². The largest absolute Gasteiger partial charge is 0.311 e. The van der Waals surface area contributed by atoms with E-state index in [0.29, 0.717) is 12.1 Å². The lowest BCUT2D eigenvalue weighted by atomic mass is 9.87. The Morgan fingerprint density at radius 3 is 2.31 bits per heavy atom. The third-order valence-electron chi connectivity index (χ3n) is 5.19. The molecule has 26 heavy (non-hydrogen) atoms. The SMILES string of the molecule is c1ccc(CNC[C@@H]2C[C@H](c3cccnc3)N2Cc2ccccc2)cc1. The molecule has 1 N–H and O–H groups in total. The van der Waals surface area contributed by atoms with Gasteiger partial charge in [0.15, 0.2) is 0 Å². The highest BCUT2D eigenvalue weighted by atomic mass is 15.3. The van der Waals surface area contributed by atoms with Crippen molar-refractivity contribution in [2.45, 2.75) is 31.6 Å². The van der Waals surface area contributed by atoms with Crippen LogP contribution in [-0.2, 0) is 13.1 Å². The van der Waals surface area contributed by atoms with Crippen molar-refractivity contribution in [1.82, 2.24) is 15.2 Å². The number of hydrogen-bond acceptors (Lipinski definition) is 3. The summed E-state index contributed by atoms with van der Waals surface area (Å²) in [5.41, 5.74) is 4.03. The molecule has 3 nitrogen and oxygen atoms in total. The number of benzene rings is 2. The van der Waals surface area contributed by atoms with Crippen LogP contribution in [0.3, 0.4) is 0 Å². The maximum atomic E-state index is 4.31. The molecule has 4 rings (SSSR count). The molecule has 2 aromatic carbocycles. The molecular weight excluding hydrogens is 318 g/mol. The maximum absolute atomic E-state index is 4.31. The fourth-order valence-corrected chi connectivity index (χ4v) is 3.76. The van der Waals surface area contributed by atoms with Crippen LogP contribution in [0, 0.1) is 0 Å². The highest BCUT2D eigenvalue weighted by Crippen LogP contribution is 2.39. The van der Waals surface area contributed by atoms with Crippen molar-refractivity contribution >= 4 is 0 Å². The Morgan fingerprint density at radius 1 is 0.885 bits per heavy atom. The minimum absolute atomic E-state index is 0.465. The van der Waals surface area contributed by atoms with Gasteiger partial charge in [0.25, 0.3) is 0 Å². The van der Waals surface area contributed by atoms with Gasteiger partial charge in [0.2, 0.25) is 0 Å². The van der Waals surface area contributed by atoms with Crippen LogP contribution >= 0.6 is 0 Å². The van der Waals surface area contributed by atoms with Crippen LogP contribution in [0.25, 0.3) is 0 Å². The molecule has 1 saturated heterocycles. The number of rotatable bonds is 7. The first-order valence-corrected chi connectivity index (χ1v) is 9.34.